The van der Waals surface area contributed by atoms with Gasteiger partial charge in [0.2, 0.25) is 0 Å². The van der Waals surface area contributed by atoms with Crippen LogP contribution in [-0.2, 0) is 0 Å². The molecular weight excluding hydrogens is 424 g/mol. The van der Waals surface area contributed by atoms with Crippen molar-refractivity contribution in [3.63, 3.8) is 0 Å². The van der Waals surface area contributed by atoms with Gasteiger partial charge < -0.3 is 9.47 Å². The smallest absolute Gasteiger partial charge is 0.285 e. The number of pyridine rings is 1. The predicted octanol–water partition coefficient (Wildman–Crippen LogP) is 4.95. The Morgan fingerprint density at radius 3 is 2.75 bits per heavy atom. The first-order chi connectivity index (χ1) is 15.5. The molecule has 1 aliphatic heterocycles. The average Bonchev–Trinajstić information content (AvgIpc) is 3.20. The van der Waals surface area contributed by atoms with Crippen LogP contribution in [0.2, 0.25) is 0 Å². The van der Waals surface area contributed by atoms with Crippen LogP contribution in [0, 0.1) is 6.92 Å². The molecule has 32 heavy (non-hydrogen) atoms. The first-order valence-corrected chi connectivity index (χ1v) is 11.4. The van der Waals surface area contributed by atoms with Crippen LogP contribution >= 0.6 is 11.3 Å². The van der Waals surface area contributed by atoms with Crippen molar-refractivity contribution in [2.75, 3.05) is 13.7 Å². The van der Waals surface area contributed by atoms with Gasteiger partial charge in [0, 0.05) is 18.3 Å². The molecule has 0 fully saturated rings. The van der Waals surface area contributed by atoms with E-state index in [1.54, 1.807) is 18.3 Å². The predicted molar refractivity (Wildman–Crippen MR) is 126 cm³/mol. The second kappa shape index (κ2) is 9.48. The number of ether oxygens (including phenoxy) is 2. The summed E-state index contributed by atoms with van der Waals surface area (Å²) in [5, 5.41) is 6.98. The van der Waals surface area contributed by atoms with E-state index in [0.29, 0.717) is 28.6 Å². The third kappa shape index (κ3) is 4.65. The molecule has 0 saturated heterocycles. The maximum Gasteiger partial charge on any atom is 0.285 e. The van der Waals surface area contributed by atoms with Crippen LogP contribution in [0.15, 0.2) is 47.7 Å². The van der Waals surface area contributed by atoms with Crippen molar-refractivity contribution in [3.8, 4) is 22.2 Å². The molecular formula is C24H26N4O3S. The third-order valence-electron chi connectivity index (χ3n) is 4.99. The lowest BCUT2D eigenvalue weighted by atomic mass is 10.0. The van der Waals surface area contributed by atoms with Gasteiger partial charge in [0.25, 0.3) is 5.91 Å². The van der Waals surface area contributed by atoms with Gasteiger partial charge in [0.15, 0.2) is 11.5 Å². The van der Waals surface area contributed by atoms with Gasteiger partial charge in [0.05, 0.1) is 30.3 Å². The normalized spacial score (nSPS) is 13.8. The van der Waals surface area contributed by atoms with Crippen molar-refractivity contribution in [1.29, 1.82) is 0 Å². The van der Waals surface area contributed by atoms with Crippen LogP contribution in [0.3, 0.4) is 0 Å². The van der Waals surface area contributed by atoms with Crippen LogP contribution in [0.1, 0.15) is 47.6 Å². The number of aryl methyl sites for hydroxylation is 1. The summed E-state index contributed by atoms with van der Waals surface area (Å²) in [6, 6.07) is 11.4. The lowest BCUT2D eigenvalue weighted by molar-refractivity contribution is 0.0755. The molecule has 0 bridgehead atoms. The molecule has 4 rings (SSSR count). The number of hydrazone groups is 1. The third-order valence-corrected chi connectivity index (χ3v) is 6.16. The van der Waals surface area contributed by atoms with Crippen molar-refractivity contribution >= 4 is 23.0 Å². The minimum atomic E-state index is -0.133. The lowest BCUT2D eigenvalue weighted by Crippen LogP contribution is -2.32. The molecule has 2 aromatic heterocycles. The minimum absolute atomic E-state index is 0.0214. The Bertz CT molecular complexity index is 1140. The average molecular weight is 451 g/mol. The number of hydrogen-bond acceptors (Lipinski definition) is 7. The molecule has 0 unspecified atom stereocenters. The fourth-order valence-electron chi connectivity index (χ4n) is 3.50. The summed E-state index contributed by atoms with van der Waals surface area (Å²) >= 11 is 1.35. The van der Waals surface area contributed by atoms with Gasteiger partial charge in [-0.05, 0) is 63.9 Å². The number of amides is 1. The van der Waals surface area contributed by atoms with E-state index in [0.717, 1.165) is 34.8 Å². The van der Waals surface area contributed by atoms with Gasteiger partial charge in [-0.1, -0.05) is 6.07 Å². The Labute approximate surface area is 191 Å². The Morgan fingerprint density at radius 2 is 2.03 bits per heavy atom. The summed E-state index contributed by atoms with van der Waals surface area (Å²) in [6.45, 7) is 6.37. The molecule has 1 aromatic carbocycles. The lowest BCUT2D eigenvalue weighted by Gasteiger charge is -2.24. The second-order valence-corrected chi connectivity index (χ2v) is 8.76. The Balaban J connectivity index is 1.61. The van der Waals surface area contributed by atoms with Gasteiger partial charge in [-0.15, -0.1) is 11.3 Å². The zero-order chi connectivity index (χ0) is 22.7. The van der Waals surface area contributed by atoms with E-state index in [1.165, 1.54) is 11.3 Å². The summed E-state index contributed by atoms with van der Waals surface area (Å²) in [5.41, 5.74) is 3.24. The van der Waals surface area contributed by atoms with E-state index in [2.05, 4.69) is 9.97 Å². The highest BCUT2D eigenvalue weighted by Gasteiger charge is 2.25. The largest absolute Gasteiger partial charge is 0.493 e. The van der Waals surface area contributed by atoms with Gasteiger partial charge in [-0.25, -0.2) is 9.99 Å². The van der Waals surface area contributed by atoms with Crippen LogP contribution in [0.4, 0.5) is 0 Å². The topological polar surface area (TPSA) is 76.9 Å². The standard InChI is InChI=1S/C24H26N4O3S/c1-15(2)31-21-14-17(10-11-20(21)30-4)18-9-7-13-28(27-18)24(29)22-16(3)26-23(32-22)19-8-5-6-12-25-19/h5-6,8,10-12,14-15H,7,9,13H2,1-4H3. The number of carbonyl (C=O) groups is 1. The van der Waals surface area contributed by atoms with Crippen molar-refractivity contribution in [2.24, 2.45) is 5.10 Å². The highest BCUT2D eigenvalue weighted by Crippen LogP contribution is 2.31. The van der Waals surface area contributed by atoms with Crippen LogP contribution in [0.5, 0.6) is 11.5 Å². The van der Waals surface area contributed by atoms with Crippen molar-refractivity contribution in [2.45, 2.75) is 39.7 Å². The van der Waals surface area contributed by atoms with E-state index >= 15 is 0 Å². The maximum atomic E-state index is 13.3. The van der Waals surface area contributed by atoms with Gasteiger partial charge in [0.1, 0.15) is 9.88 Å². The molecule has 8 heteroatoms. The molecule has 3 aromatic rings. The number of methoxy groups -OCH3 is 1. The summed E-state index contributed by atoms with van der Waals surface area (Å²) in [6.07, 6.45) is 3.37. The van der Waals surface area contributed by atoms with Gasteiger partial charge >= 0.3 is 0 Å². The van der Waals surface area contributed by atoms with E-state index in [4.69, 9.17) is 14.6 Å². The molecule has 166 valence electrons. The second-order valence-electron chi connectivity index (χ2n) is 7.76. The number of carbonyl (C=O) groups excluding carboxylic acids is 1. The molecule has 0 spiro atoms. The molecule has 3 heterocycles. The zero-order valence-corrected chi connectivity index (χ0v) is 19.5. The maximum absolute atomic E-state index is 13.3. The quantitative estimate of drug-likeness (QED) is 0.531. The highest BCUT2D eigenvalue weighted by atomic mass is 32.1. The number of nitrogens with zero attached hydrogens (tertiary/aromatic N) is 4. The molecule has 7 nitrogen and oxygen atoms in total. The summed E-state index contributed by atoms with van der Waals surface area (Å²) < 4.78 is 11.3. The number of hydrogen-bond donors (Lipinski definition) is 0. The van der Waals surface area contributed by atoms with E-state index < -0.39 is 0 Å². The first-order valence-electron chi connectivity index (χ1n) is 10.6. The molecule has 1 amide bonds. The van der Waals surface area contributed by atoms with Gasteiger partial charge in [-0.2, -0.15) is 5.10 Å². The van der Waals surface area contributed by atoms with E-state index in [9.17, 15) is 4.79 Å². The molecule has 0 atom stereocenters. The van der Waals surface area contributed by atoms with Crippen LogP contribution < -0.4 is 9.47 Å². The van der Waals surface area contributed by atoms with Crippen LogP contribution in [-0.4, -0.2) is 46.4 Å². The van der Waals surface area contributed by atoms with Crippen molar-refractivity contribution < 1.29 is 14.3 Å². The first kappa shape index (κ1) is 22.0. The summed E-state index contributed by atoms with van der Waals surface area (Å²) in [4.78, 5) is 22.8. The number of thiazole rings is 1. The molecule has 0 radical (unpaired) electrons. The molecule has 0 saturated carbocycles. The fourth-order valence-corrected chi connectivity index (χ4v) is 4.49. The van der Waals surface area contributed by atoms with E-state index in [-0.39, 0.29) is 12.0 Å². The number of rotatable bonds is 6. The van der Waals surface area contributed by atoms with E-state index in [1.807, 2.05) is 57.2 Å². The molecule has 1 aliphatic rings. The fraction of sp³-hybridized carbons (Fsp3) is 0.333. The van der Waals surface area contributed by atoms with Crippen molar-refractivity contribution in [1.82, 2.24) is 15.0 Å². The minimum Gasteiger partial charge on any atom is -0.493 e. The Hall–Kier alpha value is -3.26. The summed E-state index contributed by atoms with van der Waals surface area (Å²) in [5.74, 6) is 1.21. The Morgan fingerprint density at radius 1 is 1.19 bits per heavy atom. The Kier molecular flexibility index (Phi) is 6.50. The number of benzene rings is 1. The number of aromatic nitrogens is 2. The highest BCUT2D eigenvalue weighted by molar-refractivity contribution is 7.17. The molecule has 0 aliphatic carbocycles. The summed E-state index contributed by atoms with van der Waals surface area (Å²) in [7, 11) is 1.62. The van der Waals surface area contributed by atoms with Crippen molar-refractivity contribution in [3.05, 3.63) is 58.7 Å². The monoisotopic (exact) mass is 450 g/mol. The SMILES string of the molecule is COc1ccc(C2=NN(C(=O)c3sc(-c4ccccn4)nc3C)CCC2)cc1OC(C)C. The van der Waals surface area contributed by atoms with Gasteiger partial charge in [-0.3, -0.25) is 9.78 Å². The van der Waals surface area contributed by atoms with Crippen LogP contribution in [0.25, 0.3) is 10.7 Å². The molecule has 0 N–H and O–H groups in total. The zero-order valence-electron chi connectivity index (χ0n) is 18.7.